The van der Waals surface area contributed by atoms with E-state index < -0.39 is 22.9 Å². The van der Waals surface area contributed by atoms with E-state index in [1.807, 2.05) is 6.92 Å². The van der Waals surface area contributed by atoms with E-state index in [1.54, 1.807) is 0 Å². The van der Waals surface area contributed by atoms with Gasteiger partial charge in [0.1, 0.15) is 5.52 Å². The standard InChI is InChI=1S/C15H15F3N2OS/c1-15(5-3-2-4-6-15)13(21)20-14-19-12-9(22-14)7-8(16)10(17)11(12)18/h7H,2-6H2,1H3,(H,19,20,21). The SMILES string of the molecule is CC1(C(=O)Nc2nc3c(F)c(F)c(F)cc3s2)CCCCC1. The highest BCUT2D eigenvalue weighted by molar-refractivity contribution is 7.22. The second-order valence-electron chi connectivity index (χ2n) is 5.93. The van der Waals surface area contributed by atoms with E-state index in [2.05, 4.69) is 10.3 Å². The number of halogens is 3. The fourth-order valence-corrected chi connectivity index (χ4v) is 3.72. The van der Waals surface area contributed by atoms with Crippen LogP contribution in [0.25, 0.3) is 10.2 Å². The summed E-state index contributed by atoms with van der Waals surface area (Å²) < 4.78 is 40.2. The van der Waals surface area contributed by atoms with Crippen LogP contribution in [0.2, 0.25) is 0 Å². The minimum atomic E-state index is -1.55. The van der Waals surface area contributed by atoms with Crippen LogP contribution >= 0.6 is 11.3 Å². The number of anilines is 1. The van der Waals surface area contributed by atoms with Crippen LogP contribution in [0.4, 0.5) is 18.3 Å². The van der Waals surface area contributed by atoms with Gasteiger partial charge in [0.05, 0.1) is 4.70 Å². The van der Waals surface area contributed by atoms with E-state index in [4.69, 9.17) is 0 Å². The number of nitrogens with zero attached hydrogens (tertiary/aromatic N) is 1. The lowest BCUT2D eigenvalue weighted by atomic mass is 9.75. The van der Waals surface area contributed by atoms with Crippen LogP contribution < -0.4 is 5.32 Å². The Morgan fingerprint density at radius 3 is 2.59 bits per heavy atom. The normalized spacial score (nSPS) is 17.6. The van der Waals surface area contributed by atoms with Crippen LogP contribution in [-0.2, 0) is 4.79 Å². The monoisotopic (exact) mass is 328 g/mol. The summed E-state index contributed by atoms with van der Waals surface area (Å²) in [6.45, 7) is 1.90. The Balaban J connectivity index is 1.88. The zero-order valence-corrected chi connectivity index (χ0v) is 12.8. The number of nitrogens with one attached hydrogen (secondary N) is 1. The molecule has 3 nitrogen and oxygen atoms in total. The highest BCUT2D eigenvalue weighted by atomic mass is 32.1. The fraction of sp³-hybridized carbons (Fsp3) is 0.467. The maximum atomic E-state index is 13.7. The van der Waals surface area contributed by atoms with E-state index in [9.17, 15) is 18.0 Å². The topological polar surface area (TPSA) is 42.0 Å². The number of carbonyl (C=O) groups is 1. The molecule has 1 aromatic heterocycles. The minimum Gasteiger partial charge on any atom is -0.301 e. The first kappa shape index (κ1) is 15.3. The average Bonchev–Trinajstić information content (AvgIpc) is 2.88. The fourth-order valence-electron chi connectivity index (χ4n) is 2.83. The van der Waals surface area contributed by atoms with Crippen molar-refractivity contribution in [1.82, 2.24) is 4.98 Å². The summed E-state index contributed by atoms with van der Waals surface area (Å²) in [5.74, 6) is -4.30. The summed E-state index contributed by atoms with van der Waals surface area (Å²) >= 11 is 0.936. The van der Waals surface area contributed by atoms with Gasteiger partial charge in [-0.1, -0.05) is 37.5 Å². The molecule has 1 saturated carbocycles. The summed E-state index contributed by atoms with van der Waals surface area (Å²) in [6, 6.07) is 0.892. The highest BCUT2D eigenvalue weighted by Crippen LogP contribution is 2.38. The molecule has 22 heavy (non-hydrogen) atoms. The molecular weight excluding hydrogens is 313 g/mol. The second-order valence-corrected chi connectivity index (χ2v) is 6.96. The number of thiazole rings is 1. The largest absolute Gasteiger partial charge is 0.301 e. The van der Waals surface area contributed by atoms with Gasteiger partial charge in [-0.15, -0.1) is 0 Å². The molecule has 118 valence electrons. The Kier molecular flexibility index (Phi) is 3.84. The molecule has 1 fully saturated rings. The molecule has 0 saturated heterocycles. The lowest BCUT2D eigenvalue weighted by Gasteiger charge is -2.31. The smallest absolute Gasteiger partial charge is 0.232 e. The molecule has 0 radical (unpaired) electrons. The third-order valence-electron chi connectivity index (χ3n) is 4.25. The van der Waals surface area contributed by atoms with Crippen LogP contribution in [0.3, 0.4) is 0 Å². The molecule has 0 unspecified atom stereocenters. The molecule has 7 heteroatoms. The first-order valence-electron chi connectivity index (χ1n) is 7.16. The van der Waals surface area contributed by atoms with Crippen molar-refractivity contribution in [3.05, 3.63) is 23.5 Å². The molecular formula is C15H15F3N2OS. The predicted octanol–water partition coefficient (Wildman–Crippen LogP) is 4.62. The maximum absolute atomic E-state index is 13.7. The van der Waals surface area contributed by atoms with Crippen LogP contribution in [0.15, 0.2) is 6.07 Å². The van der Waals surface area contributed by atoms with Crippen LogP contribution in [0.5, 0.6) is 0 Å². The Morgan fingerprint density at radius 2 is 1.91 bits per heavy atom. The Hall–Kier alpha value is -1.63. The first-order chi connectivity index (χ1) is 10.4. The Bertz CT molecular complexity index is 738. The van der Waals surface area contributed by atoms with E-state index in [0.717, 1.165) is 49.5 Å². The van der Waals surface area contributed by atoms with Gasteiger partial charge in [-0.05, 0) is 18.9 Å². The van der Waals surface area contributed by atoms with Crippen molar-refractivity contribution in [3.8, 4) is 0 Å². The van der Waals surface area contributed by atoms with Crippen molar-refractivity contribution in [1.29, 1.82) is 0 Å². The lowest BCUT2D eigenvalue weighted by Crippen LogP contribution is -2.35. The van der Waals surface area contributed by atoms with Gasteiger partial charge in [0.25, 0.3) is 0 Å². The molecule has 1 N–H and O–H groups in total. The summed E-state index contributed by atoms with van der Waals surface area (Å²) in [4.78, 5) is 16.3. The summed E-state index contributed by atoms with van der Waals surface area (Å²) in [5, 5.41) is 2.83. The molecule has 0 atom stereocenters. The molecule has 1 amide bonds. The average molecular weight is 328 g/mol. The molecule has 0 bridgehead atoms. The van der Waals surface area contributed by atoms with E-state index >= 15 is 0 Å². The van der Waals surface area contributed by atoms with Crippen molar-refractivity contribution in [3.63, 3.8) is 0 Å². The second kappa shape index (κ2) is 5.53. The molecule has 3 rings (SSSR count). The quantitative estimate of drug-likeness (QED) is 0.817. The predicted molar refractivity (Wildman–Crippen MR) is 79.3 cm³/mol. The first-order valence-corrected chi connectivity index (χ1v) is 7.98. The molecule has 0 spiro atoms. The number of amides is 1. The molecule has 2 aromatic rings. The maximum Gasteiger partial charge on any atom is 0.232 e. The minimum absolute atomic E-state index is 0.163. The highest BCUT2D eigenvalue weighted by Gasteiger charge is 2.35. The van der Waals surface area contributed by atoms with Gasteiger partial charge in [0, 0.05) is 5.41 Å². The van der Waals surface area contributed by atoms with Gasteiger partial charge in [-0.3, -0.25) is 4.79 Å². The number of benzene rings is 1. The van der Waals surface area contributed by atoms with E-state index in [1.165, 1.54) is 0 Å². The number of fused-ring (bicyclic) bond motifs is 1. The van der Waals surface area contributed by atoms with Gasteiger partial charge >= 0.3 is 0 Å². The molecule has 1 aliphatic carbocycles. The van der Waals surface area contributed by atoms with Crippen molar-refractivity contribution in [2.24, 2.45) is 5.41 Å². The molecule has 0 aliphatic heterocycles. The summed E-state index contributed by atoms with van der Waals surface area (Å²) in [6.07, 6.45) is 4.69. The van der Waals surface area contributed by atoms with Crippen molar-refractivity contribution < 1.29 is 18.0 Å². The van der Waals surface area contributed by atoms with Crippen LogP contribution in [-0.4, -0.2) is 10.9 Å². The summed E-state index contributed by atoms with van der Waals surface area (Å²) in [5.41, 5.74) is -0.724. The molecule has 1 heterocycles. The number of hydrogen-bond donors (Lipinski definition) is 1. The van der Waals surface area contributed by atoms with E-state index in [-0.39, 0.29) is 21.3 Å². The third kappa shape index (κ3) is 2.58. The Morgan fingerprint density at radius 1 is 1.23 bits per heavy atom. The number of rotatable bonds is 2. The van der Waals surface area contributed by atoms with Gasteiger partial charge in [0.2, 0.25) is 5.91 Å². The van der Waals surface area contributed by atoms with Crippen molar-refractivity contribution in [2.75, 3.05) is 5.32 Å². The van der Waals surface area contributed by atoms with Crippen LogP contribution in [0.1, 0.15) is 39.0 Å². The zero-order chi connectivity index (χ0) is 15.9. The third-order valence-corrected chi connectivity index (χ3v) is 5.17. The van der Waals surface area contributed by atoms with Gasteiger partial charge < -0.3 is 5.32 Å². The van der Waals surface area contributed by atoms with Gasteiger partial charge in [-0.2, -0.15) is 0 Å². The Labute approximate surface area is 129 Å². The van der Waals surface area contributed by atoms with Gasteiger partial charge in [0.15, 0.2) is 22.6 Å². The summed E-state index contributed by atoms with van der Waals surface area (Å²) in [7, 11) is 0. The van der Waals surface area contributed by atoms with Crippen molar-refractivity contribution in [2.45, 2.75) is 39.0 Å². The number of aromatic nitrogens is 1. The van der Waals surface area contributed by atoms with E-state index in [0.29, 0.717) is 0 Å². The zero-order valence-electron chi connectivity index (χ0n) is 12.0. The van der Waals surface area contributed by atoms with Gasteiger partial charge in [-0.25, -0.2) is 18.2 Å². The number of carbonyl (C=O) groups excluding carboxylic acids is 1. The molecule has 1 aliphatic rings. The van der Waals surface area contributed by atoms with Crippen molar-refractivity contribution >= 4 is 32.6 Å². The number of hydrogen-bond acceptors (Lipinski definition) is 3. The lowest BCUT2D eigenvalue weighted by molar-refractivity contribution is -0.126. The van der Waals surface area contributed by atoms with Crippen LogP contribution in [0, 0.1) is 22.9 Å². The molecule has 1 aromatic carbocycles.